The second-order valence-corrected chi connectivity index (χ2v) is 20.5. The second-order valence-electron chi connectivity index (χ2n) is 19.3. The van der Waals surface area contributed by atoms with Gasteiger partial charge in [-0.05, 0) is 12.8 Å². The van der Waals surface area contributed by atoms with Gasteiger partial charge in [0, 0.05) is 13.0 Å². The van der Waals surface area contributed by atoms with Crippen LogP contribution in [0.4, 0.5) is 0 Å². The highest BCUT2D eigenvalue weighted by Crippen LogP contribution is 2.36. The van der Waals surface area contributed by atoms with Gasteiger partial charge >= 0.3 is 13.8 Å². The van der Waals surface area contributed by atoms with E-state index in [0.29, 0.717) is 13.0 Å². The topological polar surface area (TPSA) is 102 Å². The number of phosphoric ester groups is 1. The maximum absolute atomic E-state index is 12.5. The fourth-order valence-corrected chi connectivity index (χ4v) is 9.16. The Hall–Kier alpha value is -0.460. The summed E-state index contributed by atoms with van der Waals surface area (Å²) >= 11 is 0. The SMILES string of the molecule is CCCCCCCCCCCCCCCCCCCCCCCCCCCCCCCCC(=O)O[C@H](COCCCCCCCCCCCCCCCCCC)COP(=O)(O)O. The van der Waals surface area contributed by atoms with Crippen LogP contribution in [-0.2, 0) is 23.4 Å². The van der Waals surface area contributed by atoms with E-state index >= 15 is 0 Å². The number of rotatable bonds is 54. The monoisotopic (exact) mass is 901 g/mol. The molecule has 8 heteroatoms. The smallest absolute Gasteiger partial charge is 0.457 e. The second kappa shape index (κ2) is 51.5. The van der Waals surface area contributed by atoms with E-state index in [1.54, 1.807) is 0 Å². The summed E-state index contributed by atoms with van der Waals surface area (Å²) in [5, 5.41) is 0. The van der Waals surface area contributed by atoms with Crippen molar-refractivity contribution >= 4 is 13.8 Å². The highest BCUT2D eigenvalue weighted by atomic mass is 31.2. The molecule has 0 aliphatic heterocycles. The lowest BCUT2D eigenvalue weighted by molar-refractivity contribution is -0.154. The van der Waals surface area contributed by atoms with Gasteiger partial charge in [-0.25, -0.2) is 4.57 Å². The molecular formula is C54H109O7P. The van der Waals surface area contributed by atoms with E-state index in [1.807, 2.05) is 0 Å². The standard InChI is InChI=1S/C54H109O7P/c1-3-5-7-9-11-13-15-17-19-21-22-23-24-25-26-27-28-29-30-31-32-33-34-35-37-39-41-43-45-47-49-54(55)61-53(52-60-62(56,57)58)51-59-50-48-46-44-42-40-38-36-20-18-16-14-12-10-8-6-4-2/h53H,3-52H2,1-2H3,(H2,56,57,58)/t53-/m1/s1. The van der Waals surface area contributed by atoms with Crippen LogP contribution in [0, 0.1) is 0 Å². The first-order valence-electron chi connectivity index (χ1n) is 27.9. The van der Waals surface area contributed by atoms with Gasteiger partial charge in [0.2, 0.25) is 0 Å². The van der Waals surface area contributed by atoms with E-state index in [2.05, 4.69) is 18.4 Å². The molecule has 0 unspecified atom stereocenters. The molecule has 0 saturated heterocycles. The Labute approximate surface area is 387 Å². The van der Waals surface area contributed by atoms with Crippen LogP contribution >= 0.6 is 7.82 Å². The number of phosphoric acid groups is 1. The van der Waals surface area contributed by atoms with Crippen molar-refractivity contribution in [1.82, 2.24) is 0 Å². The molecule has 2 N–H and O–H groups in total. The lowest BCUT2D eigenvalue weighted by atomic mass is 10.0. The molecule has 62 heavy (non-hydrogen) atoms. The lowest BCUT2D eigenvalue weighted by Crippen LogP contribution is -2.28. The molecule has 0 fully saturated rings. The molecule has 0 rings (SSSR count). The van der Waals surface area contributed by atoms with Gasteiger partial charge in [-0.2, -0.15) is 0 Å². The highest BCUT2D eigenvalue weighted by molar-refractivity contribution is 7.46. The molecule has 1 atom stereocenters. The molecule has 0 aliphatic carbocycles. The zero-order valence-electron chi connectivity index (χ0n) is 41.8. The van der Waals surface area contributed by atoms with E-state index in [4.69, 9.17) is 19.3 Å². The molecule has 0 aromatic heterocycles. The predicted octanol–water partition coefficient (Wildman–Crippen LogP) is 18.4. The van der Waals surface area contributed by atoms with Crippen LogP contribution in [0.2, 0.25) is 0 Å². The summed E-state index contributed by atoms with van der Waals surface area (Å²) in [6.45, 7) is 4.84. The van der Waals surface area contributed by atoms with E-state index in [-0.39, 0.29) is 19.2 Å². The Morgan fingerprint density at radius 2 is 0.613 bits per heavy atom. The Bertz CT molecular complexity index is 911. The van der Waals surface area contributed by atoms with Gasteiger partial charge in [0.05, 0.1) is 13.2 Å². The number of unbranched alkanes of at least 4 members (excludes halogenated alkanes) is 44. The molecule has 0 aromatic rings. The fraction of sp³-hybridized carbons (Fsp3) is 0.981. The molecule has 0 spiro atoms. The largest absolute Gasteiger partial charge is 0.469 e. The summed E-state index contributed by atoms with van der Waals surface area (Å²) in [4.78, 5) is 30.8. The Kier molecular flexibility index (Phi) is 51.1. The highest BCUT2D eigenvalue weighted by Gasteiger charge is 2.21. The minimum atomic E-state index is -4.65. The molecule has 7 nitrogen and oxygen atoms in total. The molecule has 0 saturated carbocycles. The Balaban J connectivity index is 3.57. The minimum Gasteiger partial charge on any atom is -0.457 e. The van der Waals surface area contributed by atoms with Gasteiger partial charge < -0.3 is 19.3 Å². The molecule has 0 amide bonds. The Morgan fingerprint density at radius 1 is 0.371 bits per heavy atom. The van der Waals surface area contributed by atoms with Gasteiger partial charge in [0.15, 0.2) is 0 Å². The van der Waals surface area contributed by atoms with Crippen molar-refractivity contribution in [2.45, 2.75) is 322 Å². The predicted molar refractivity (Wildman–Crippen MR) is 267 cm³/mol. The van der Waals surface area contributed by atoms with Gasteiger partial charge in [-0.15, -0.1) is 0 Å². The third-order valence-corrected chi connectivity index (χ3v) is 13.4. The van der Waals surface area contributed by atoms with Gasteiger partial charge in [-0.1, -0.05) is 296 Å². The van der Waals surface area contributed by atoms with Crippen molar-refractivity contribution in [1.29, 1.82) is 0 Å². The number of esters is 1. The lowest BCUT2D eigenvalue weighted by Gasteiger charge is -2.18. The van der Waals surface area contributed by atoms with Crippen LogP contribution in [0.3, 0.4) is 0 Å². The maximum Gasteiger partial charge on any atom is 0.469 e. The summed E-state index contributed by atoms with van der Waals surface area (Å²) in [6.07, 6.45) is 61.5. The summed E-state index contributed by atoms with van der Waals surface area (Å²) in [7, 11) is -4.65. The quantitative estimate of drug-likeness (QED) is 0.0356. The molecule has 0 heterocycles. The zero-order valence-corrected chi connectivity index (χ0v) is 42.7. The first-order valence-corrected chi connectivity index (χ1v) is 29.4. The van der Waals surface area contributed by atoms with Crippen molar-refractivity contribution in [3.05, 3.63) is 0 Å². The molecule has 0 bridgehead atoms. The number of carbonyl (C=O) groups excluding carboxylic acids is 1. The van der Waals surface area contributed by atoms with E-state index in [9.17, 15) is 9.36 Å². The van der Waals surface area contributed by atoms with Crippen molar-refractivity contribution < 1.29 is 33.1 Å². The van der Waals surface area contributed by atoms with Crippen LogP contribution in [-0.4, -0.2) is 41.7 Å². The number of ether oxygens (including phenoxy) is 2. The molecule has 372 valence electrons. The zero-order chi connectivity index (χ0) is 45.1. The summed E-state index contributed by atoms with van der Waals surface area (Å²) in [6, 6.07) is 0. The van der Waals surface area contributed by atoms with Crippen LogP contribution in [0.5, 0.6) is 0 Å². The first-order chi connectivity index (χ1) is 30.4. The van der Waals surface area contributed by atoms with Gasteiger partial charge in [-0.3, -0.25) is 9.32 Å². The summed E-state index contributed by atoms with van der Waals surface area (Å²) in [5.74, 6) is -0.351. The van der Waals surface area contributed by atoms with Crippen molar-refractivity contribution in [3.8, 4) is 0 Å². The van der Waals surface area contributed by atoms with Crippen LogP contribution < -0.4 is 0 Å². The molecule has 0 aromatic carbocycles. The van der Waals surface area contributed by atoms with Crippen LogP contribution in [0.25, 0.3) is 0 Å². The normalized spacial score (nSPS) is 12.4. The Morgan fingerprint density at radius 3 is 0.871 bits per heavy atom. The van der Waals surface area contributed by atoms with E-state index < -0.39 is 13.9 Å². The fourth-order valence-electron chi connectivity index (χ4n) is 8.80. The summed E-state index contributed by atoms with van der Waals surface area (Å²) < 4.78 is 27.2. The first kappa shape index (κ1) is 61.5. The summed E-state index contributed by atoms with van der Waals surface area (Å²) in [5.41, 5.74) is 0. The number of hydrogen-bond donors (Lipinski definition) is 2. The molecule has 0 radical (unpaired) electrons. The van der Waals surface area contributed by atoms with E-state index in [0.717, 1.165) is 32.1 Å². The third kappa shape index (κ3) is 53.9. The third-order valence-electron chi connectivity index (χ3n) is 12.9. The molecular weight excluding hydrogens is 792 g/mol. The number of carbonyl (C=O) groups is 1. The maximum atomic E-state index is 12.5. The molecule has 0 aliphatic rings. The average Bonchev–Trinajstić information content (AvgIpc) is 3.25. The van der Waals surface area contributed by atoms with Gasteiger partial charge in [0.25, 0.3) is 0 Å². The van der Waals surface area contributed by atoms with Crippen LogP contribution in [0.15, 0.2) is 0 Å². The van der Waals surface area contributed by atoms with Crippen LogP contribution in [0.1, 0.15) is 316 Å². The van der Waals surface area contributed by atoms with Gasteiger partial charge in [0.1, 0.15) is 6.10 Å². The van der Waals surface area contributed by atoms with E-state index in [1.165, 1.54) is 263 Å². The van der Waals surface area contributed by atoms with Crippen molar-refractivity contribution in [2.75, 3.05) is 19.8 Å². The van der Waals surface area contributed by atoms with Crippen molar-refractivity contribution in [3.63, 3.8) is 0 Å². The number of hydrogen-bond acceptors (Lipinski definition) is 5. The van der Waals surface area contributed by atoms with Crippen molar-refractivity contribution in [2.24, 2.45) is 0 Å². The minimum absolute atomic E-state index is 0.0874. The average molecular weight is 901 g/mol.